The molecule has 102 valence electrons. The molecule has 18 heavy (non-hydrogen) atoms. The van der Waals surface area contributed by atoms with Crippen molar-refractivity contribution in [3.63, 3.8) is 0 Å². The summed E-state index contributed by atoms with van der Waals surface area (Å²) < 4.78 is 29.1. The van der Waals surface area contributed by atoms with E-state index >= 15 is 0 Å². The van der Waals surface area contributed by atoms with E-state index in [4.69, 9.17) is 4.74 Å². The van der Waals surface area contributed by atoms with Gasteiger partial charge in [0.2, 0.25) is 0 Å². The normalized spacial score (nSPS) is 13.3. The summed E-state index contributed by atoms with van der Waals surface area (Å²) in [7, 11) is 0.263. The van der Waals surface area contributed by atoms with Crippen LogP contribution in [-0.4, -0.2) is 34.4 Å². The fourth-order valence-corrected chi connectivity index (χ4v) is 2.96. The summed E-state index contributed by atoms with van der Waals surface area (Å²) >= 11 is 0. The van der Waals surface area contributed by atoms with Gasteiger partial charge in [-0.05, 0) is 51.1 Å². The molecule has 1 rings (SSSR count). The first-order chi connectivity index (χ1) is 8.49. The highest BCUT2D eigenvalue weighted by Gasteiger charge is 2.14. The molecule has 0 aromatic heterocycles. The highest BCUT2D eigenvalue weighted by atomic mass is 32.2. The lowest BCUT2D eigenvalue weighted by molar-refractivity contribution is 0.414. The van der Waals surface area contributed by atoms with Crippen LogP contribution < -0.4 is 10.1 Å². The number of nitrogens with one attached hydrogen (secondary N) is 1. The standard InChI is InChI=1S/C13H21NO3S/c1-11(14-2)5-4-10-18(15,16)13-8-6-12(17-3)7-9-13/h6-9,11,14H,4-5,10H2,1-3H3. The van der Waals surface area contributed by atoms with Gasteiger partial charge in [-0.1, -0.05) is 0 Å². The van der Waals surface area contributed by atoms with Gasteiger partial charge in [-0.2, -0.15) is 0 Å². The van der Waals surface area contributed by atoms with Crippen molar-refractivity contribution in [3.8, 4) is 5.75 Å². The molecule has 1 aromatic rings. The quantitative estimate of drug-likeness (QED) is 0.822. The van der Waals surface area contributed by atoms with Gasteiger partial charge in [-0.15, -0.1) is 0 Å². The van der Waals surface area contributed by atoms with Gasteiger partial charge >= 0.3 is 0 Å². The fourth-order valence-electron chi connectivity index (χ4n) is 1.62. The summed E-state index contributed by atoms with van der Waals surface area (Å²) in [5.41, 5.74) is 0. The first-order valence-electron chi connectivity index (χ1n) is 6.03. The summed E-state index contributed by atoms with van der Waals surface area (Å²) in [6.07, 6.45) is 1.52. The Labute approximate surface area is 109 Å². The van der Waals surface area contributed by atoms with E-state index in [1.165, 1.54) is 0 Å². The van der Waals surface area contributed by atoms with Gasteiger partial charge in [0.15, 0.2) is 9.84 Å². The number of hydrogen-bond acceptors (Lipinski definition) is 4. The molecule has 0 bridgehead atoms. The summed E-state index contributed by atoms with van der Waals surface area (Å²) in [6.45, 7) is 2.04. The minimum atomic E-state index is -3.17. The molecular weight excluding hydrogens is 250 g/mol. The van der Waals surface area contributed by atoms with E-state index in [9.17, 15) is 8.42 Å². The average Bonchev–Trinajstić information content (AvgIpc) is 2.38. The zero-order chi connectivity index (χ0) is 13.6. The third kappa shape index (κ3) is 4.31. The first kappa shape index (κ1) is 15.0. The van der Waals surface area contributed by atoms with Crippen LogP contribution >= 0.6 is 0 Å². The number of sulfone groups is 1. The molecule has 0 radical (unpaired) electrons. The molecular formula is C13H21NO3S. The number of hydrogen-bond donors (Lipinski definition) is 1. The van der Waals surface area contributed by atoms with Crippen molar-refractivity contribution in [3.05, 3.63) is 24.3 Å². The summed E-state index contributed by atoms with van der Waals surface area (Å²) in [5.74, 6) is 0.850. The maximum Gasteiger partial charge on any atom is 0.178 e. The van der Waals surface area contributed by atoms with Gasteiger partial charge in [-0.3, -0.25) is 0 Å². The van der Waals surface area contributed by atoms with Crippen molar-refractivity contribution in [2.24, 2.45) is 0 Å². The lowest BCUT2D eigenvalue weighted by Crippen LogP contribution is -2.22. The van der Waals surface area contributed by atoms with Crippen molar-refractivity contribution in [2.75, 3.05) is 19.9 Å². The van der Waals surface area contributed by atoms with Crippen LogP contribution in [0.3, 0.4) is 0 Å². The molecule has 0 aliphatic carbocycles. The molecule has 1 aromatic carbocycles. The molecule has 0 heterocycles. The van der Waals surface area contributed by atoms with E-state index in [1.807, 2.05) is 14.0 Å². The van der Waals surface area contributed by atoms with Gasteiger partial charge in [0.05, 0.1) is 17.8 Å². The highest BCUT2D eigenvalue weighted by Crippen LogP contribution is 2.17. The van der Waals surface area contributed by atoms with E-state index in [0.717, 1.165) is 6.42 Å². The second-order valence-corrected chi connectivity index (χ2v) is 6.44. The largest absolute Gasteiger partial charge is 0.497 e. The zero-order valence-corrected chi connectivity index (χ0v) is 12.0. The van der Waals surface area contributed by atoms with Crippen molar-refractivity contribution < 1.29 is 13.2 Å². The highest BCUT2D eigenvalue weighted by molar-refractivity contribution is 7.91. The monoisotopic (exact) mass is 271 g/mol. The molecule has 0 aliphatic heterocycles. The van der Waals surface area contributed by atoms with Gasteiger partial charge in [0.25, 0.3) is 0 Å². The Morgan fingerprint density at radius 2 is 1.89 bits per heavy atom. The van der Waals surface area contributed by atoms with E-state index in [1.54, 1.807) is 31.4 Å². The van der Waals surface area contributed by atoms with Crippen LogP contribution in [0.15, 0.2) is 29.2 Å². The van der Waals surface area contributed by atoms with Crippen LogP contribution in [0.2, 0.25) is 0 Å². The molecule has 0 spiro atoms. The Hall–Kier alpha value is -1.07. The zero-order valence-electron chi connectivity index (χ0n) is 11.1. The lowest BCUT2D eigenvalue weighted by atomic mass is 10.2. The Kier molecular flexibility index (Phi) is 5.62. The Bertz CT molecular complexity index is 454. The van der Waals surface area contributed by atoms with Gasteiger partial charge in [0.1, 0.15) is 5.75 Å². The smallest absolute Gasteiger partial charge is 0.178 e. The summed E-state index contributed by atoms with van der Waals surface area (Å²) in [6, 6.07) is 6.87. The topological polar surface area (TPSA) is 55.4 Å². The fraction of sp³-hybridized carbons (Fsp3) is 0.538. The van der Waals surface area contributed by atoms with Crippen molar-refractivity contribution in [1.82, 2.24) is 5.32 Å². The van der Waals surface area contributed by atoms with E-state index < -0.39 is 9.84 Å². The van der Waals surface area contributed by atoms with Crippen molar-refractivity contribution >= 4 is 9.84 Å². The lowest BCUT2D eigenvalue weighted by Gasteiger charge is -2.10. The summed E-state index contributed by atoms with van der Waals surface area (Å²) in [5, 5.41) is 3.09. The minimum Gasteiger partial charge on any atom is -0.497 e. The van der Waals surface area contributed by atoms with Crippen LogP contribution in [0.5, 0.6) is 5.75 Å². The van der Waals surface area contributed by atoms with Crippen LogP contribution in [0.4, 0.5) is 0 Å². The molecule has 1 N–H and O–H groups in total. The predicted octanol–water partition coefficient (Wildman–Crippen LogP) is 1.86. The maximum absolute atomic E-state index is 12.0. The van der Waals surface area contributed by atoms with E-state index in [2.05, 4.69) is 5.32 Å². The number of methoxy groups -OCH3 is 1. The molecule has 0 amide bonds. The minimum absolute atomic E-state index is 0.186. The molecule has 1 atom stereocenters. The molecule has 4 nitrogen and oxygen atoms in total. The third-order valence-electron chi connectivity index (χ3n) is 2.96. The Morgan fingerprint density at radius 1 is 1.28 bits per heavy atom. The van der Waals surface area contributed by atoms with Crippen LogP contribution in [0.25, 0.3) is 0 Å². The SMILES string of the molecule is CNC(C)CCCS(=O)(=O)c1ccc(OC)cc1. The molecule has 0 saturated heterocycles. The predicted molar refractivity (Wildman–Crippen MR) is 72.8 cm³/mol. The van der Waals surface area contributed by atoms with Crippen LogP contribution in [0.1, 0.15) is 19.8 Å². The first-order valence-corrected chi connectivity index (χ1v) is 7.69. The van der Waals surface area contributed by atoms with Gasteiger partial charge in [-0.25, -0.2) is 8.42 Å². The molecule has 0 aliphatic rings. The number of ether oxygens (including phenoxy) is 1. The second kappa shape index (κ2) is 6.75. The molecule has 0 saturated carbocycles. The second-order valence-electron chi connectivity index (χ2n) is 4.33. The Morgan fingerprint density at radius 3 is 2.39 bits per heavy atom. The number of rotatable bonds is 7. The van der Waals surface area contributed by atoms with Crippen molar-refractivity contribution in [2.45, 2.75) is 30.7 Å². The number of benzene rings is 1. The van der Waals surface area contributed by atoms with Gasteiger partial charge < -0.3 is 10.1 Å². The average molecular weight is 271 g/mol. The maximum atomic E-state index is 12.0. The summed E-state index contributed by atoms with van der Waals surface area (Å²) in [4.78, 5) is 0.361. The van der Waals surface area contributed by atoms with Crippen molar-refractivity contribution in [1.29, 1.82) is 0 Å². The van der Waals surface area contributed by atoms with Gasteiger partial charge in [0, 0.05) is 6.04 Å². The molecule has 5 heteroatoms. The Balaban J connectivity index is 2.62. The molecule has 0 fully saturated rings. The van der Waals surface area contributed by atoms with E-state index in [-0.39, 0.29) is 5.75 Å². The van der Waals surface area contributed by atoms with E-state index in [0.29, 0.717) is 23.1 Å². The molecule has 1 unspecified atom stereocenters. The third-order valence-corrected chi connectivity index (χ3v) is 4.78. The van der Waals surface area contributed by atoms with Crippen LogP contribution in [-0.2, 0) is 9.84 Å². The van der Waals surface area contributed by atoms with Crippen LogP contribution in [0, 0.1) is 0 Å².